The van der Waals surface area contributed by atoms with Crippen molar-refractivity contribution in [1.29, 1.82) is 0 Å². The summed E-state index contributed by atoms with van der Waals surface area (Å²) in [6.07, 6.45) is 1.35. The fraction of sp³-hybridized carbons (Fsp3) is 0.533. The van der Waals surface area contributed by atoms with Crippen LogP contribution in [0.15, 0.2) is 12.1 Å². The van der Waals surface area contributed by atoms with E-state index in [0.29, 0.717) is 60.5 Å². The largest absolute Gasteiger partial charge is 0.494 e. The Morgan fingerprint density at radius 3 is 2.23 bits per heavy atom. The number of methoxy groups -OCH3 is 1. The van der Waals surface area contributed by atoms with Crippen molar-refractivity contribution in [3.8, 4) is 5.75 Å². The smallest absolute Gasteiger partial charge is 0.253 e. The van der Waals surface area contributed by atoms with Crippen molar-refractivity contribution >= 4 is 29.1 Å². The van der Waals surface area contributed by atoms with Crippen molar-refractivity contribution in [3.05, 3.63) is 27.7 Å². The van der Waals surface area contributed by atoms with E-state index < -0.39 is 5.79 Å². The third-order valence-electron chi connectivity index (χ3n) is 4.08. The van der Waals surface area contributed by atoms with Crippen molar-refractivity contribution in [2.45, 2.75) is 18.6 Å². The summed E-state index contributed by atoms with van der Waals surface area (Å²) in [4.78, 5) is 14.4. The molecule has 0 atom stereocenters. The Morgan fingerprint density at radius 2 is 1.73 bits per heavy atom. The van der Waals surface area contributed by atoms with Crippen molar-refractivity contribution in [2.75, 3.05) is 33.4 Å². The van der Waals surface area contributed by atoms with E-state index in [-0.39, 0.29) is 5.91 Å². The van der Waals surface area contributed by atoms with Gasteiger partial charge in [0.15, 0.2) is 11.5 Å². The Hall–Kier alpha value is -1.01. The molecule has 0 radical (unpaired) electrons. The van der Waals surface area contributed by atoms with Gasteiger partial charge in [-0.25, -0.2) is 0 Å². The van der Waals surface area contributed by atoms with Crippen LogP contribution < -0.4 is 4.74 Å². The molecule has 22 heavy (non-hydrogen) atoms. The van der Waals surface area contributed by atoms with Crippen LogP contribution in [0.2, 0.25) is 10.0 Å². The summed E-state index contributed by atoms with van der Waals surface area (Å²) < 4.78 is 16.4. The van der Waals surface area contributed by atoms with Crippen LogP contribution in [0, 0.1) is 0 Å². The predicted molar refractivity (Wildman–Crippen MR) is 82.8 cm³/mol. The summed E-state index contributed by atoms with van der Waals surface area (Å²) >= 11 is 12.2. The molecule has 2 aliphatic rings. The predicted octanol–water partition coefficient (Wildman–Crippen LogP) is 2.98. The van der Waals surface area contributed by atoms with Crippen LogP contribution in [0.3, 0.4) is 0 Å². The van der Waals surface area contributed by atoms with E-state index in [0.717, 1.165) is 0 Å². The fourth-order valence-corrected chi connectivity index (χ4v) is 3.54. The summed E-state index contributed by atoms with van der Waals surface area (Å²) in [7, 11) is 1.49. The number of ether oxygens (including phenoxy) is 3. The molecule has 0 saturated carbocycles. The lowest BCUT2D eigenvalue weighted by Gasteiger charge is -2.37. The number of likely N-dealkylation sites (tertiary alicyclic amines) is 1. The van der Waals surface area contributed by atoms with Crippen molar-refractivity contribution in [1.82, 2.24) is 4.90 Å². The topological polar surface area (TPSA) is 48.0 Å². The zero-order valence-corrected chi connectivity index (χ0v) is 13.7. The molecule has 2 saturated heterocycles. The lowest BCUT2D eigenvalue weighted by molar-refractivity contribution is -0.181. The zero-order valence-electron chi connectivity index (χ0n) is 12.2. The molecule has 1 spiro atoms. The maximum atomic E-state index is 12.6. The minimum atomic E-state index is -0.494. The van der Waals surface area contributed by atoms with E-state index in [1.807, 2.05) is 0 Å². The van der Waals surface area contributed by atoms with E-state index in [1.54, 1.807) is 17.0 Å². The first kappa shape index (κ1) is 15.9. The molecule has 0 bridgehead atoms. The van der Waals surface area contributed by atoms with E-state index in [9.17, 15) is 4.79 Å². The van der Waals surface area contributed by atoms with Gasteiger partial charge >= 0.3 is 0 Å². The van der Waals surface area contributed by atoms with Crippen molar-refractivity contribution in [2.24, 2.45) is 0 Å². The normalized spacial score (nSPS) is 20.4. The second-order valence-electron chi connectivity index (χ2n) is 5.37. The monoisotopic (exact) mass is 345 g/mol. The van der Waals surface area contributed by atoms with Crippen LogP contribution in [0.25, 0.3) is 0 Å². The van der Waals surface area contributed by atoms with Gasteiger partial charge in [-0.3, -0.25) is 4.79 Å². The first-order valence-electron chi connectivity index (χ1n) is 7.15. The summed E-state index contributed by atoms with van der Waals surface area (Å²) in [5, 5.41) is 0.656. The van der Waals surface area contributed by atoms with Crippen LogP contribution in [-0.4, -0.2) is 50.0 Å². The minimum absolute atomic E-state index is 0.0979. The molecule has 2 heterocycles. The van der Waals surface area contributed by atoms with E-state index in [1.165, 1.54) is 7.11 Å². The van der Waals surface area contributed by atoms with Crippen LogP contribution in [-0.2, 0) is 9.47 Å². The number of carbonyl (C=O) groups is 1. The highest BCUT2D eigenvalue weighted by molar-refractivity contribution is 6.37. The van der Waals surface area contributed by atoms with Gasteiger partial charge in [-0.05, 0) is 12.1 Å². The standard InChI is InChI=1S/C15H17Cl2NO4/c1-20-13-11(16)8-10(9-12(13)17)14(19)18-4-2-15(3-5-18)21-6-7-22-15/h8-9H,2-7H2,1H3. The van der Waals surface area contributed by atoms with Crippen LogP contribution >= 0.6 is 23.2 Å². The molecule has 1 aromatic rings. The molecule has 120 valence electrons. The van der Waals surface area contributed by atoms with Crippen LogP contribution in [0.4, 0.5) is 0 Å². The maximum Gasteiger partial charge on any atom is 0.253 e. The van der Waals surface area contributed by atoms with E-state index >= 15 is 0 Å². The number of carbonyl (C=O) groups excluding carboxylic acids is 1. The van der Waals surface area contributed by atoms with E-state index in [4.69, 9.17) is 37.4 Å². The highest BCUT2D eigenvalue weighted by Crippen LogP contribution is 2.35. The lowest BCUT2D eigenvalue weighted by atomic mass is 10.0. The molecular formula is C15H17Cl2NO4. The molecule has 0 unspecified atom stereocenters. The number of rotatable bonds is 2. The minimum Gasteiger partial charge on any atom is -0.494 e. The first-order valence-corrected chi connectivity index (χ1v) is 7.90. The van der Waals surface area contributed by atoms with Gasteiger partial charge in [0.25, 0.3) is 5.91 Å². The highest BCUT2D eigenvalue weighted by atomic mass is 35.5. The van der Waals surface area contributed by atoms with Crippen molar-refractivity contribution in [3.63, 3.8) is 0 Å². The zero-order chi connectivity index (χ0) is 15.7. The quantitative estimate of drug-likeness (QED) is 0.826. The van der Waals surface area contributed by atoms with Crippen molar-refractivity contribution < 1.29 is 19.0 Å². The van der Waals surface area contributed by atoms with E-state index in [2.05, 4.69) is 0 Å². The average molecular weight is 346 g/mol. The molecule has 5 nitrogen and oxygen atoms in total. The highest BCUT2D eigenvalue weighted by Gasteiger charge is 2.40. The molecule has 3 rings (SSSR count). The van der Waals surface area contributed by atoms with Gasteiger partial charge in [0.05, 0.1) is 30.4 Å². The number of hydrogen-bond donors (Lipinski definition) is 0. The number of hydrogen-bond acceptors (Lipinski definition) is 4. The second kappa shape index (κ2) is 6.24. The molecule has 0 N–H and O–H groups in total. The Labute approximate surface area is 139 Å². The van der Waals surface area contributed by atoms with Gasteiger partial charge in [-0.15, -0.1) is 0 Å². The van der Waals surface area contributed by atoms with Gasteiger partial charge in [-0.1, -0.05) is 23.2 Å². The fourth-order valence-electron chi connectivity index (χ4n) is 2.90. The molecule has 0 aliphatic carbocycles. The Balaban J connectivity index is 1.72. The SMILES string of the molecule is COc1c(Cl)cc(C(=O)N2CCC3(CC2)OCCO3)cc1Cl. The average Bonchev–Trinajstić information content (AvgIpc) is 2.95. The Bertz CT molecular complexity index is 554. The number of piperidine rings is 1. The third-order valence-corrected chi connectivity index (χ3v) is 4.64. The Morgan fingerprint density at radius 1 is 1.18 bits per heavy atom. The third kappa shape index (κ3) is 2.91. The van der Waals surface area contributed by atoms with Gasteiger partial charge in [0, 0.05) is 31.5 Å². The van der Waals surface area contributed by atoms with Gasteiger partial charge in [0.1, 0.15) is 0 Å². The number of nitrogens with zero attached hydrogens (tertiary/aromatic N) is 1. The molecule has 2 fully saturated rings. The molecule has 7 heteroatoms. The summed E-state index contributed by atoms with van der Waals surface area (Å²) in [6.45, 7) is 2.41. The number of halogens is 2. The number of benzene rings is 1. The molecule has 1 aromatic carbocycles. The van der Waals surface area contributed by atoms with Crippen LogP contribution in [0.1, 0.15) is 23.2 Å². The van der Waals surface area contributed by atoms with Gasteiger partial charge in [0.2, 0.25) is 0 Å². The molecule has 2 aliphatic heterocycles. The van der Waals surface area contributed by atoms with Crippen LogP contribution in [0.5, 0.6) is 5.75 Å². The molecule has 1 amide bonds. The summed E-state index contributed by atoms with van der Waals surface area (Å²) in [6, 6.07) is 3.17. The molecular weight excluding hydrogens is 329 g/mol. The van der Waals surface area contributed by atoms with Gasteiger partial charge in [-0.2, -0.15) is 0 Å². The first-order chi connectivity index (χ1) is 10.5. The molecule has 0 aromatic heterocycles. The summed E-state index contributed by atoms with van der Waals surface area (Å²) in [5.41, 5.74) is 0.458. The second-order valence-corrected chi connectivity index (χ2v) is 6.19. The lowest BCUT2D eigenvalue weighted by Crippen LogP contribution is -2.47. The summed E-state index contributed by atoms with van der Waals surface area (Å²) in [5.74, 6) is -0.212. The Kier molecular flexibility index (Phi) is 4.50. The van der Waals surface area contributed by atoms with Gasteiger partial charge < -0.3 is 19.1 Å². The maximum absolute atomic E-state index is 12.6. The number of amides is 1.